The summed E-state index contributed by atoms with van der Waals surface area (Å²) in [5.41, 5.74) is 3.66. The number of hydrogen-bond acceptors (Lipinski definition) is 7. The lowest BCUT2D eigenvalue weighted by Gasteiger charge is -2.29. The summed E-state index contributed by atoms with van der Waals surface area (Å²) in [6, 6.07) is 0. The van der Waals surface area contributed by atoms with Crippen LogP contribution in [-0.4, -0.2) is 59.2 Å². The monoisotopic (exact) mass is 345 g/mol. The van der Waals surface area contributed by atoms with Gasteiger partial charge in [-0.2, -0.15) is 0 Å². The summed E-state index contributed by atoms with van der Waals surface area (Å²) in [5, 5.41) is 3.34. The number of ether oxygens (including phenoxy) is 1. The van der Waals surface area contributed by atoms with Crippen LogP contribution in [0.4, 0.5) is 5.82 Å². The molecule has 0 spiro atoms. The van der Waals surface area contributed by atoms with E-state index >= 15 is 0 Å². The summed E-state index contributed by atoms with van der Waals surface area (Å²) in [6.07, 6.45) is 3.72. The van der Waals surface area contributed by atoms with E-state index in [9.17, 15) is 0 Å². The van der Waals surface area contributed by atoms with Gasteiger partial charge in [0.2, 0.25) is 0 Å². The maximum Gasteiger partial charge on any atom is 0.135 e. The molecule has 4 heterocycles. The van der Waals surface area contributed by atoms with Crippen LogP contribution in [0.25, 0.3) is 0 Å². The van der Waals surface area contributed by atoms with E-state index in [4.69, 9.17) is 4.74 Å². The van der Waals surface area contributed by atoms with Crippen molar-refractivity contribution < 1.29 is 4.74 Å². The zero-order valence-corrected chi connectivity index (χ0v) is 14.9. The molecule has 0 amide bonds. The van der Waals surface area contributed by atoms with Gasteiger partial charge in [-0.25, -0.2) is 15.0 Å². The van der Waals surface area contributed by atoms with Crippen molar-refractivity contribution in [3.8, 4) is 0 Å². The molecule has 1 fully saturated rings. The molecule has 0 atom stereocenters. The number of fused-ring (bicyclic) bond motifs is 1. The summed E-state index contributed by atoms with van der Waals surface area (Å²) in [5.74, 6) is 1.12. The zero-order valence-electron chi connectivity index (χ0n) is 14.1. The maximum atomic E-state index is 5.48. The number of morpholine rings is 1. The van der Waals surface area contributed by atoms with E-state index in [1.807, 2.05) is 0 Å². The average molecular weight is 345 g/mol. The van der Waals surface area contributed by atoms with Gasteiger partial charge in [0.15, 0.2) is 0 Å². The van der Waals surface area contributed by atoms with Gasteiger partial charge in [-0.3, -0.25) is 4.90 Å². The Hall–Kier alpha value is -1.57. The van der Waals surface area contributed by atoms with E-state index in [2.05, 4.69) is 37.1 Å². The van der Waals surface area contributed by atoms with E-state index < -0.39 is 0 Å². The molecule has 1 saturated heterocycles. The lowest BCUT2D eigenvalue weighted by Crippen LogP contribution is -2.37. The van der Waals surface area contributed by atoms with Gasteiger partial charge >= 0.3 is 0 Å². The SMILES string of the molecule is Cc1csc(CN2CCc3ncnc(N4CCOCC4)c3CC2)n1. The molecule has 0 unspecified atom stereocenters. The van der Waals surface area contributed by atoms with Gasteiger partial charge < -0.3 is 9.64 Å². The molecule has 0 aromatic carbocycles. The zero-order chi connectivity index (χ0) is 16.4. The first-order chi connectivity index (χ1) is 11.8. The van der Waals surface area contributed by atoms with Crippen molar-refractivity contribution in [2.75, 3.05) is 44.3 Å². The predicted octanol–water partition coefficient (Wildman–Crippen LogP) is 1.68. The molecule has 0 radical (unpaired) electrons. The number of aryl methyl sites for hydroxylation is 1. The molecule has 6 nitrogen and oxygen atoms in total. The molecule has 0 bridgehead atoms. The third-order valence-corrected chi connectivity index (χ3v) is 5.64. The minimum absolute atomic E-state index is 0.786. The highest BCUT2D eigenvalue weighted by Crippen LogP contribution is 2.25. The smallest absolute Gasteiger partial charge is 0.135 e. The van der Waals surface area contributed by atoms with Gasteiger partial charge in [-0.05, 0) is 13.3 Å². The van der Waals surface area contributed by atoms with Crippen LogP contribution in [0.1, 0.15) is 22.0 Å². The van der Waals surface area contributed by atoms with E-state index in [0.29, 0.717) is 0 Å². The number of anilines is 1. The van der Waals surface area contributed by atoms with Crippen LogP contribution in [0.5, 0.6) is 0 Å². The van der Waals surface area contributed by atoms with E-state index in [-0.39, 0.29) is 0 Å². The minimum Gasteiger partial charge on any atom is -0.378 e. The highest BCUT2D eigenvalue weighted by Gasteiger charge is 2.23. The number of thiazole rings is 1. The fraction of sp³-hybridized carbons (Fsp3) is 0.588. The first kappa shape index (κ1) is 15.9. The van der Waals surface area contributed by atoms with Crippen molar-refractivity contribution in [1.82, 2.24) is 19.9 Å². The summed E-state index contributed by atoms with van der Waals surface area (Å²) >= 11 is 1.76. The van der Waals surface area contributed by atoms with Crippen LogP contribution >= 0.6 is 11.3 Å². The molecule has 2 aromatic heterocycles. The molecule has 2 aromatic rings. The molecule has 0 aliphatic carbocycles. The molecule has 2 aliphatic heterocycles. The second-order valence-electron chi connectivity index (χ2n) is 6.38. The Morgan fingerprint density at radius 3 is 2.75 bits per heavy atom. The van der Waals surface area contributed by atoms with Gasteiger partial charge in [-0.15, -0.1) is 11.3 Å². The van der Waals surface area contributed by atoms with Gasteiger partial charge in [0.05, 0.1) is 25.5 Å². The Morgan fingerprint density at radius 1 is 1.12 bits per heavy atom. The van der Waals surface area contributed by atoms with Gasteiger partial charge in [-0.1, -0.05) is 0 Å². The Bertz CT molecular complexity index is 698. The van der Waals surface area contributed by atoms with E-state index in [1.165, 1.54) is 16.3 Å². The van der Waals surface area contributed by atoms with E-state index in [0.717, 1.165) is 70.3 Å². The molecule has 24 heavy (non-hydrogen) atoms. The van der Waals surface area contributed by atoms with Crippen molar-refractivity contribution in [2.45, 2.75) is 26.3 Å². The number of rotatable bonds is 3. The molecular formula is C17H23N5OS. The summed E-state index contributed by atoms with van der Waals surface area (Å²) in [7, 11) is 0. The summed E-state index contributed by atoms with van der Waals surface area (Å²) in [4.78, 5) is 18.6. The Balaban J connectivity index is 1.50. The van der Waals surface area contributed by atoms with E-state index in [1.54, 1.807) is 17.7 Å². The molecule has 7 heteroatoms. The molecule has 0 saturated carbocycles. The van der Waals surface area contributed by atoms with Gasteiger partial charge in [0, 0.05) is 49.2 Å². The number of aromatic nitrogens is 3. The second kappa shape index (κ2) is 7.13. The first-order valence-electron chi connectivity index (χ1n) is 8.58. The van der Waals surface area contributed by atoms with Crippen LogP contribution in [-0.2, 0) is 24.1 Å². The van der Waals surface area contributed by atoms with Crippen LogP contribution in [0, 0.1) is 6.92 Å². The normalized spacial score (nSPS) is 19.1. The highest BCUT2D eigenvalue weighted by atomic mass is 32.1. The third-order valence-electron chi connectivity index (χ3n) is 4.69. The maximum absolute atomic E-state index is 5.48. The molecule has 4 rings (SSSR count). The summed E-state index contributed by atoms with van der Waals surface area (Å²) in [6.45, 7) is 8.48. The van der Waals surface area contributed by atoms with Crippen LogP contribution in [0.2, 0.25) is 0 Å². The summed E-state index contributed by atoms with van der Waals surface area (Å²) < 4.78 is 5.48. The molecular weight excluding hydrogens is 322 g/mol. The van der Waals surface area contributed by atoms with Crippen molar-refractivity contribution in [3.05, 3.63) is 33.7 Å². The van der Waals surface area contributed by atoms with Gasteiger partial charge in [0.1, 0.15) is 17.2 Å². The first-order valence-corrected chi connectivity index (χ1v) is 9.46. The lowest BCUT2D eigenvalue weighted by atomic mass is 10.1. The highest BCUT2D eigenvalue weighted by molar-refractivity contribution is 7.09. The molecule has 128 valence electrons. The molecule has 2 aliphatic rings. The lowest BCUT2D eigenvalue weighted by molar-refractivity contribution is 0.122. The third kappa shape index (κ3) is 3.43. The van der Waals surface area contributed by atoms with Crippen molar-refractivity contribution in [3.63, 3.8) is 0 Å². The quantitative estimate of drug-likeness (QED) is 0.844. The second-order valence-corrected chi connectivity index (χ2v) is 7.32. The largest absolute Gasteiger partial charge is 0.378 e. The predicted molar refractivity (Wildman–Crippen MR) is 94.6 cm³/mol. The van der Waals surface area contributed by atoms with Crippen molar-refractivity contribution in [1.29, 1.82) is 0 Å². The number of hydrogen-bond donors (Lipinski definition) is 0. The van der Waals surface area contributed by atoms with Crippen molar-refractivity contribution >= 4 is 17.2 Å². The molecule has 0 N–H and O–H groups in total. The van der Waals surface area contributed by atoms with Crippen LogP contribution in [0.3, 0.4) is 0 Å². The van der Waals surface area contributed by atoms with Crippen LogP contribution in [0.15, 0.2) is 11.7 Å². The van der Waals surface area contributed by atoms with Crippen LogP contribution < -0.4 is 4.90 Å². The fourth-order valence-corrected chi connectivity index (χ4v) is 4.24. The standard InChI is InChI=1S/C17H23N5OS/c1-13-11-24-16(20-13)10-21-4-2-14-15(3-5-21)18-12-19-17(14)22-6-8-23-9-7-22/h11-12H,2-10H2,1H3. The minimum atomic E-state index is 0.786. The average Bonchev–Trinajstić information content (AvgIpc) is 2.91. The number of nitrogens with zero attached hydrogens (tertiary/aromatic N) is 5. The van der Waals surface area contributed by atoms with Gasteiger partial charge in [0.25, 0.3) is 0 Å². The Kier molecular flexibility index (Phi) is 4.73. The topological polar surface area (TPSA) is 54.4 Å². The van der Waals surface area contributed by atoms with Crippen molar-refractivity contribution in [2.24, 2.45) is 0 Å². The Morgan fingerprint density at radius 2 is 1.96 bits per heavy atom. The fourth-order valence-electron chi connectivity index (χ4n) is 3.43. The Labute approximate surface area is 146 Å².